The van der Waals surface area contributed by atoms with Gasteiger partial charge in [0.2, 0.25) is 5.91 Å². The summed E-state index contributed by atoms with van der Waals surface area (Å²) in [4.78, 5) is 12.3. The lowest BCUT2D eigenvalue weighted by atomic mass is 10.1. The summed E-state index contributed by atoms with van der Waals surface area (Å²) < 4.78 is 1.06. The van der Waals surface area contributed by atoms with Gasteiger partial charge in [0.1, 0.15) is 0 Å². The maximum Gasteiger partial charge on any atom is 0.228 e. The van der Waals surface area contributed by atoms with Crippen LogP contribution in [0.15, 0.2) is 46.9 Å². The molecule has 3 rings (SSSR count). The van der Waals surface area contributed by atoms with E-state index in [1.54, 1.807) is 6.07 Å². The number of nitrogens with one attached hydrogen (secondary N) is 1. The van der Waals surface area contributed by atoms with Crippen molar-refractivity contribution in [1.29, 1.82) is 0 Å². The van der Waals surface area contributed by atoms with E-state index in [1.165, 1.54) is 11.1 Å². The first kappa shape index (κ1) is 13.7. The number of rotatable bonds is 2. The topological polar surface area (TPSA) is 29.1 Å². The van der Waals surface area contributed by atoms with Crippen LogP contribution in [0.25, 0.3) is 0 Å². The van der Waals surface area contributed by atoms with Gasteiger partial charge in [-0.1, -0.05) is 45.7 Å². The van der Waals surface area contributed by atoms with Crippen molar-refractivity contribution in [2.75, 3.05) is 5.32 Å². The fourth-order valence-corrected chi connectivity index (χ4v) is 3.16. The van der Waals surface area contributed by atoms with Gasteiger partial charge in [-0.25, -0.2) is 0 Å². The largest absolute Gasteiger partial charge is 0.325 e. The van der Waals surface area contributed by atoms with E-state index in [2.05, 4.69) is 33.4 Å². The minimum Gasteiger partial charge on any atom is -0.325 e. The molecule has 0 spiro atoms. The first-order valence-electron chi connectivity index (χ1n) is 6.46. The lowest BCUT2D eigenvalue weighted by molar-refractivity contribution is -0.119. The Morgan fingerprint density at radius 3 is 2.70 bits per heavy atom. The van der Waals surface area contributed by atoms with Crippen LogP contribution < -0.4 is 5.32 Å². The predicted molar refractivity (Wildman–Crippen MR) is 85.1 cm³/mol. The molecule has 1 aliphatic rings. The number of hydrogen-bond acceptors (Lipinski definition) is 1. The van der Waals surface area contributed by atoms with Gasteiger partial charge in [-0.3, -0.25) is 4.79 Å². The highest BCUT2D eigenvalue weighted by Gasteiger charge is 2.27. The molecule has 0 aromatic heterocycles. The van der Waals surface area contributed by atoms with E-state index in [9.17, 15) is 4.79 Å². The average Bonchev–Trinajstić information content (AvgIpc) is 2.84. The van der Waals surface area contributed by atoms with Crippen molar-refractivity contribution in [1.82, 2.24) is 0 Å². The zero-order valence-electron chi connectivity index (χ0n) is 10.7. The third-order valence-corrected chi connectivity index (χ3v) is 4.43. The molecule has 1 atom stereocenters. The van der Waals surface area contributed by atoms with Crippen LogP contribution in [0.1, 0.15) is 11.1 Å². The number of carbonyl (C=O) groups excluding carboxylic acids is 1. The highest BCUT2D eigenvalue weighted by atomic mass is 79.9. The van der Waals surface area contributed by atoms with Crippen molar-refractivity contribution >= 4 is 39.1 Å². The number of anilines is 1. The smallest absolute Gasteiger partial charge is 0.228 e. The first-order chi connectivity index (χ1) is 9.63. The number of para-hydroxylation sites is 1. The molecule has 0 radical (unpaired) electrons. The lowest BCUT2D eigenvalue weighted by Gasteiger charge is -2.11. The van der Waals surface area contributed by atoms with E-state index < -0.39 is 0 Å². The number of benzene rings is 2. The molecule has 1 unspecified atom stereocenters. The Labute approximate surface area is 131 Å². The average molecular weight is 351 g/mol. The molecular formula is C16H13BrClNO. The van der Waals surface area contributed by atoms with E-state index >= 15 is 0 Å². The Morgan fingerprint density at radius 2 is 1.90 bits per heavy atom. The van der Waals surface area contributed by atoms with Crippen molar-refractivity contribution in [3.8, 4) is 0 Å². The molecule has 1 amide bonds. The molecule has 4 heteroatoms. The molecule has 0 fully saturated rings. The molecular weight excluding hydrogens is 338 g/mol. The molecule has 2 nitrogen and oxygen atoms in total. The standard InChI is InChI=1S/C16H13BrClNO/c17-13-6-5-10-7-12(8-11(10)9-13)16(20)19-15-4-2-1-3-14(15)18/h1-6,9,12H,7-8H2,(H,19,20). The van der Waals surface area contributed by atoms with Crippen molar-refractivity contribution in [3.63, 3.8) is 0 Å². The van der Waals surface area contributed by atoms with Gasteiger partial charge in [0.05, 0.1) is 10.7 Å². The molecule has 0 aliphatic heterocycles. The maximum atomic E-state index is 12.3. The minimum absolute atomic E-state index is 0.0180. The zero-order valence-corrected chi connectivity index (χ0v) is 13.0. The minimum atomic E-state index is -0.0180. The number of carbonyl (C=O) groups is 1. The Hall–Kier alpha value is -1.32. The van der Waals surface area contributed by atoms with Crippen LogP contribution in [-0.2, 0) is 17.6 Å². The third-order valence-electron chi connectivity index (χ3n) is 3.60. The summed E-state index contributed by atoms with van der Waals surface area (Å²) >= 11 is 9.53. The van der Waals surface area contributed by atoms with Gasteiger partial charge in [0.15, 0.2) is 0 Å². The second kappa shape index (κ2) is 5.58. The van der Waals surface area contributed by atoms with Gasteiger partial charge in [-0.05, 0) is 48.2 Å². The molecule has 0 bridgehead atoms. The molecule has 1 N–H and O–H groups in total. The van der Waals surface area contributed by atoms with Crippen molar-refractivity contribution < 1.29 is 4.79 Å². The summed E-state index contributed by atoms with van der Waals surface area (Å²) in [6.45, 7) is 0. The van der Waals surface area contributed by atoms with E-state index in [4.69, 9.17) is 11.6 Å². The molecule has 20 heavy (non-hydrogen) atoms. The molecule has 1 aliphatic carbocycles. The predicted octanol–water partition coefficient (Wildman–Crippen LogP) is 4.46. The summed E-state index contributed by atoms with van der Waals surface area (Å²) in [7, 11) is 0. The summed E-state index contributed by atoms with van der Waals surface area (Å²) in [5, 5.41) is 3.49. The summed E-state index contributed by atoms with van der Waals surface area (Å²) in [5.74, 6) is 0.0148. The maximum absolute atomic E-state index is 12.3. The molecule has 0 saturated heterocycles. The molecule has 2 aromatic rings. The fraction of sp³-hybridized carbons (Fsp3) is 0.188. The number of halogens is 2. The van der Waals surface area contributed by atoms with Gasteiger partial charge in [0.25, 0.3) is 0 Å². The van der Waals surface area contributed by atoms with Crippen molar-refractivity contribution in [2.45, 2.75) is 12.8 Å². The number of fused-ring (bicyclic) bond motifs is 1. The Balaban J connectivity index is 1.73. The number of amides is 1. The van der Waals surface area contributed by atoms with E-state index in [1.807, 2.05) is 24.3 Å². The van der Waals surface area contributed by atoms with Crippen LogP contribution in [0.4, 0.5) is 5.69 Å². The first-order valence-corrected chi connectivity index (χ1v) is 7.63. The fourth-order valence-electron chi connectivity index (χ4n) is 2.57. The van der Waals surface area contributed by atoms with Crippen LogP contribution in [-0.4, -0.2) is 5.91 Å². The van der Waals surface area contributed by atoms with Gasteiger partial charge < -0.3 is 5.32 Å². The van der Waals surface area contributed by atoms with Crippen LogP contribution in [0.2, 0.25) is 5.02 Å². The monoisotopic (exact) mass is 349 g/mol. The highest BCUT2D eigenvalue weighted by Crippen LogP contribution is 2.30. The van der Waals surface area contributed by atoms with Crippen molar-refractivity contribution in [2.24, 2.45) is 5.92 Å². The van der Waals surface area contributed by atoms with Gasteiger partial charge >= 0.3 is 0 Å². The Kier molecular flexibility index (Phi) is 3.81. The van der Waals surface area contributed by atoms with Crippen molar-refractivity contribution in [3.05, 3.63) is 63.1 Å². The molecule has 0 saturated carbocycles. The van der Waals surface area contributed by atoms with Crippen LogP contribution in [0.3, 0.4) is 0 Å². The quantitative estimate of drug-likeness (QED) is 0.851. The Morgan fingerprint density at radius 1 is 1.15 bits per heavy atom. The van der Waals surface area contributed by atoms with Gasteiger partial charge in [0, 0.05) is 10.4 Å². The zero-order chi connectivity index (χ0) is 14.1. The normalized spacial score (nSPS) is 16.8. The van der Waals surface area contributed by atoms with Gasteiger partial charge in [-0.2, -0.15) is 0 Å². The molecule has 2 aromatic carbocycles. The Bertz CT molecular complexity index is 671. The molecule has 0 heterocycles. The van der Waals surface area contributed by atoms with Crippen LogP contribution in [0, 0.1) is 5.92 Å². The second-order valence-electron chi connectivity index (χ2n) is 4.99. The highest BCUT2D eigenvalue weighted by molar-refractivity contribution is 9.10. The van der Waals surface area contributed by atoms with Crippen LogP contribution >= 0.6 is 27.5 Å². The number of hydrogen-bond donors (Lipinski definition) is 1. The third kappa shape index (κ3) is 2.74. The van der Waals surface area contributed by atoms with E-state index in [0.717, 1.165) is 17.3 Å². The van der Waals surface area contributed by atoms with Crippen LogP contribution in [0.5, 0.6) is 0 Å². The van der Waals surface area contributed by atoms with E-state index in [0.29, 0.717) is 10.7 Å². The summed E-state index contributed by atoms with van der Waals surface area (Å²) in [6, 6.07) is 13.5. The lowest BCUT2D eigenvalue weighted by Crippen LogP contribution is -2.23. The summed E-state index contributed by atoms with van der Waals surface area (Å²) in [6.07, 6.45) is 1.57. The summed E-state index contributed by atoms with van der Waals surface area (Å²) in [5.41, 5.74) is 3.18. The second-order valence-corrected chi connectivity index (χ2v) is 6.31. The molecule has 102 valence electrons. The SMILES string of the molecule is O=C(Nc1ccccc1Cl)C1Cc2ccc(Br)cc2C1. The van der Waals surface area contributed by atoms with Gasteiger partial charge in [-0.15, -0.1) is 0 Å². The van der Waals surface area contributed by atoms with E-state index in [-0.39, 0.29) is 11.8 Å².